The number of amides is 1. The summed E-state index contributed by atoms with van der Waals surface area (Å²) in [6, 6.07) is 9.15. The second kappa shape index (κ2) is 9.59. The zero-order valence-electron chi connectivity index (χ0n) is 14.5. The van der Waals surface area contributed by atoms with Crippen LogP contribution in [-0.2, 0) is 9.63 Å². The highest BCUT2D eigenvalue weighted by Gasteiger charge is 2.10. The lowest BCUT2D eigenvalue weighted by molar-refractivity contribution is -0.120. The second-order valence-electron chi connectivity index (χ2n) is 5.27. The minimum absolute atomic E-state index is 0.212. The Balaban J connectivity index is 1.91. The summed E-state index contributed by atoms with van der Waals surface area (Å²) in [5.41, 5.74) is 2.47. The molecule has 0 aliphatic carbocycles. The van der Waals surface area contributed by atoms with Crippen LogP contribution in [0.25, 0.3) is 0 Å². The predicted molar refractivity (Wildman–Crippen MR) is 108 cm³/mol. The Morgan fingerprint density at radius 1 is 1.12 bits per heavy atom. The molecule has 8 heteroatoms. The lowest BCUT2D eigenvalue weighted by Gasteiger charge is -2.10. The third-order valence-corrected chi connectivity index (χ3v) is 4.58. The summed E-state index contributed by atoms with van der Waals surface area (Å²) in [6.07, 6.45) is 1.49. The number of nitrogens with one attached hydrogen (secondary N) is 1. The zero-order valence-corrected chi connectivity index (χ0v) is 17.7. The molecule has 138 valence electrons. The number of ether oxygens (including phenoxy) is 2. The molecule has 0 saturated carbocycles. The van der Waals surface area contributed by atoms with Crippen molar-refractivity contribution in [2.24, 2.45) is 5.16 Å². The summed E-state index contributed by atoms with van der Waals surface area (Å²) in [5.74, 6) is 0.891. The van der Waals surface area contributed by atoms with Gasteiger partial charge in [0.2, 0.25) is 0 Å². The van der Waals surface area contributed by atoms with Crippen LogP contribution in [0.4, 0.5) is 5.69 Å². The van der Waals surface area contributed by atoms with Crippen molar-refractivity contribution in [2.75, 3.05) is 26.1 Å². The minimum atomic E-state index is -0.320. The van der Waals surface area contributed by atoms with Crippen LogP contribution in [0.15, 0.2) is 44.4 Å². The highest BCUT2D eigenvalue weighted by atomic mass is 79.9. The number of benzene rings is 2. The van der Waals surface area contributed by atoms with Crippen LogP contribution >= 0.6 is 31.9 Å². The molecule has 0 aliphatic heterocycles. The van der Waals surface area contributed by atoms with E-state index in [1.807, 2.05) is 19.1 Å². The van der Waals surface area contributed by atoms with Gasteiger partial charge in [-0.05, 0) is 74.7 Å². The van der Waals surface area contributed by atoms with Crippen molar-refractivity contribution in [2.45, 2.75) is 6.92 Å². The molecule has 26 heavy (non-hydrogen) atoms. The molecule has 0 aromatic heterocycles. The van der Waals surface area contributed by atoms with E-state index in [-0.39, 0.29) is 12.5 Å². The number of hydrogen-bond acceptors (Lipinski definition) is 5. The van der Waals surface area contributed by atoms with Crippen LogP contribution in [0.1, 0.15) is 11.1 Å². The molecule has 2 aromatic carbocycles. The Kier molecular flexibility index (Phi) is 7.47. The first-order valence-electron chi connectivity index (χ1n) is 7.57. The van der Waals surface area contributed by atoms with Crippen LogP contribution < -0.4 is 14.8 Å². The Hall–Kier alpha value is -2.06. The van der Waals surface area contributed by atoms with Crippen LogP contribution in [0, 0.1) is 6.92 Å². The summed E-state index contributed by atoms with van der Waals surface area (Å²) in [6.45, 7) is 1.75. The molecule has 1 amide bonds. The molecule has 0 aliphatic rings. The quantitative estimate of drug-likeness (QED) is 0.462. The van der Waals surface area contributed by atoms with E-state index >= 15 is 0 Å². The van der Waals surface area contributed by atoms with Gasteiger partial charge in [0.15, 0.2) is 18.1 Å². The van der Waals surface area contributed by atoms with Gasteiger partial charge in [0.1, 0.15) is 0 Å². The summed E-state index contributed by atoms with van der Waals surface area (Å²) in [5, 5.41) is 6.58. The number of carbonyl (C=O) groups is 1. The van der Waals surface area contributed by atoms with Crippen molar-refractivity contribution in [1.29, 1.82) is 0 Å². The number of rotatable bonds is 7. The van der Waals surface area contributed by atoms with Gasteiger partial charge in [-0.3, -0.25) is 4.79 Å². The van der Waals surface area contributed by atoms with E-state index in [9.17, 15) is 4.79 Å². The van der Waals surface area contributed by atoms with Crippen molar-refractivity contribution in [3.63, 3.8) is 0 Å². The standard InChI is InChI=1S/C18H18Br2N2O4/c1-11-6-13(19)18(14(20)7-11)22-17(23)10-26-21-9-12-4-5-15(24-2)16(8-12)25-3/h4-9H,10H2,1-3H3,(H,22,23)/b21-9+. The Bertz CT molecular complexity index is 802. The van der Waals surface area contributed by atoms with Crippen molar-refractivity contribution in [1.82, 2.24) is 0 Å². The van der Waals surface area contributed by atoms with Gasteiger partial charge in [-0.1, -0.05) is 5.16 Å². The monoisotopic (exact) mass is 484 g/mol. The van der Waals surface area contributed by atoms with Gasteiger partial charge in [0.05, 0.1) is 26.1 Å². The summed E-state index contributed by atoms with van der Waals surface area (Å²) in [4.78, 5) is 17.1. The van der Waals surface area contributed by atoms with E-state index in [4.69, 9.17) is 14.3 Å². The molecule has 0 radical (unpaired) electrons. The van der Waals surface area contributed by atoms with Gasteiger partial charge < -0.3 is 19.6 Å². The topological polar surface area (TPSA) is 69.2 Å². The highest BCUT2D eigenvalue weighted by Crippen LogP contribution is 2.32. The number of methoxy groups -OCH3 is 2. The molecule has 0 unspecified atom stereocenters. The Labute approximate surface area is 168 Å². The van der Waals surface area contributed by atoms with E-state index in [0.717, 1.165) is 20.1 Å². The average Bonchev–Trinajstić information content (AvgIpc) is 2.61. The molecular formula is C18H18Br2N2O4. The minimum Gasteiger partial charge on any atom is -0.493 e. The highest BCUT2D eigenvalue weighted by molar-refractivity contribution is 9.11. The molecule has 0 bridgehead atoms. The number of oxime groups is 1. The molecule has 0 saturated heterocycles. The molecule has 6 nitrogen and oxygen atoms in total. The third-order valence-electron chi connectivity index (χ3n) is 3.33. The van der Waals surface area contributed by atoms with Gasteiger partial charge in [-0.2, -0.15) is 0 Å². The summed E-state index contributed by atoms with van der Waals surface area (Å²) < 4.78 is 12.0. The number of aryl methyl sites for hydroxylation is 1. The summed E-state index contributed by atoms with van der Waals surface area (Å²) in [7, 11) is 3.12. The molecule has 0 fully saturated rings. The van der Waals surface area contributed by atoms with Gasteiger partial charge in [-0.15, -0.1) is 0 Å². The number of carbonyl (C=O) groups excluding carboxylic acids is 1. The van der Waals surface area contributed by atoms with Crippen molar-refractivity contribution in [3.8, 4) is 11.5 Å². The van der Waals surface area contributed by atoms with Gasteiger partial charge in [-0.25, -0.2) is 0 Å². The Morgan fingerprint density at radius 3 is 2.38 bits per heavy atom. The second-order valence-corrected chi connectivity index (χ2v) is 6.98. The molecule has 0 atom stereocenters. The Morgan fingerprint density at radius 2 is 1.77 bits per heavy atom. The third kappa shape index (κ3) is 5.47. The fraction of sp³-hybridized carbons (Fsp3) is 0.222. The molecule has 0 spiro atoms. The summed E-state index contributed by atoms with van der Waals surface area (Å²) >= 11 is 6.85. The van der Waals surface area contributed by atoms with Gasteiger partial charge >= 0.3 is 0 Å². The maximum atomic E-state index is 12.0. The SMILES string of the molecule is COc1ccc(/C=N/OCC(=O)Nc2c(Br)cc(C)cc2Br)cc1OC. The van der Waals surface area contributed by atoms with E-state index in [2.05, 4.69) is 42.3 Å². The van der Waals surface area contributed by atoms with E-state index < -0.39 is 0 Å². The van der Waals surface area contributed by atoms with E-state index in [0.29, 0.717) is 17.2 Å². The van der Waals surface area contributed by atoms with E-state index in [1.165, 1.54) is 6.21 Å². The number of nitrogens with zero attached hydrogens (tertiary/aromatic N) is 1. The number of hydrogen-bond donors (Lipinski definition) is 1. The molecular weight excluding hydrogens is 468 g/mol. The van der Waals surface area contributed by atoms with Crippen molar-refractivity contribution < 1.29 is 19.1 Å². The maximum Gasteiger partial charge on any atom is 0.265 e. The first-order chi connectivity index (χ1) is 12.4. The number of anilines is 1. The lowest BCUT2D eigenvalue weighted by atomic mass is 10.2. The normalized spacial score (nSPS) is 10.7. The van der Waals surface area contributed by atoms with Gasteiger partial charge in [0.25, 0.3) is 5.91 Å². The predicted octanol–water partition coefficient (Wildman–Crippen LogP) is 4.53. The molecule has 0 heterocycles. The maximum absolute atomic E-state index is 12.0. The van der Waals surface area contributed by atoms with Crippen LogP contribution in [0.5, 0.6) is 11.5 Å². The lowest BCUT2D eigenvalue weighted by Crippen LogP contribution is -2.17. The zero-order chi connectivity index (χ0) is 19.1. The smallest absolute Gasteiger partial charge is 0.265 e. The molecule has 2 aromatic rings. The fourth-order valence-electron chi connectivity index (χ4n) is 2.12. The average molecular weight is 486 g/mol. The van der Waals surface area contributed by atoms with Gasteiger partial charge in [0, 0.05) is 14.5 Å². The number of halogens is 2. The van der Waals surface area contributed by atoms with Crippen LogP contribution in [-0.4, -0.2) is 32.9 Å². The van der Waals surface area contributed by atoms with Crippen molar-refractivity contribution >= 4 is 49.7 Å². The van der Waals surface area contributed by atoms with E-state index in [1.54, 1.807) is 32.4 Å². The molecule has 1 N–H and O–H groups in total. The largest absolute Gasteiger partial charge is 0.493 e. The van der Waals surface area contributed by atoms with Crippen LogP contribution in [0.2, 0.25) is 0 Å². The van der Waals surface area contributed by atoms with Crippen LogP contribution in [0.3, 0.4) is 0 Å². The molecule has 2 rings (SSSR count). The first-order valence-corrected chi connectivity index (χ1v) is 9.16. The first kappa shape index (κ1) is 20.3. The van der Waals surface area contributed by atoms with Crippen molar-refractivity contribution in [3.05, 3.63) is 50.4 Å². The fourth-order valence-corrected chi connectivity index (χ4v) is 3.74.